The number of halogens is 1. The van der Waals surface area contributed by atoms with Crippen LogP contribution in [0.1, 0.15) is 51.4 Å². The standard InChI is InChI=1S/C14H24N2O3.ClH/c1-19-13(18)14(7-2-3-8-14)16-12(17)10-5-4-6-11(15)9-10;/h10-11H,2-9,15H2,1H3,(H,16,17);1H. The Hall–Kier alpha value is -0.810. The fourth-order valence-corrected chi connectivity index (χ4v) is 3.36. The van der Waals surface area contributed by atoms with Crippen molar-refractivity contribution in [2.45, 2.75) is 62.9 Å². The molecule has 5 nitrogen and oxygen atoms in total. The monoisotopic (exact) mass is 304 g/mol. The van der Waals surface area contributed by atoms with E-state index in [0.717, 1.165) is 38.5 Å². The number of rotatable bonds is 3. The Morgan fingerprint density at radius 2 is 1.85 bits per heavy atom. The van der Waals surface area contributed by atoms with Crippen molar-refractivity contribution in [1.29, 1.82) is 0 Å². The molecule has 0 aromatic rings. The van der Waals surface area contributed by atoms with Crippen molar-refractivity contribution in [2.75, 3.05) is 7.11 Å². The lowest BCUT2D eigenvalue weighted by Gasteiger charge is -2.32. The summed E-state index contributed by atoms with van der Waals surface area (Å²) in [5.74, 6) is -0.383. The van der Waals surface area contributed by atoms with E-state index in [1.807, 2.05) is 0 Å². The van der Waals surface area contributed by atoms with Crippen molar-refractivity contribution in [1.82, 2.24) is 5.32 Å². The summed E-state index contributed by atoms with van der Waals surface area (Å²) in [6, 6.07) is 0.113. The van der Waals surface area contributed by atoms with Gasteiger partial charge >= 0.3 is 5.97 Å². The smallest absolute Gasteiger partial charge is 0.331 e. The summed E-state index contributed by atoms with van der Waals surface area (Å²) < 4.78 is 4.87. The molecule has 2 rings (SSSR count). The number of carbonyl (C=O) groups is 2. The molecule has 0 radical (unpaired) electrons. The van der Waals surface area contributed by atoms with Gasteiger partial charge in [-0.15, -0.1) is 12.4 Å². The number of hydrogen-bond donors (Lipinski definition) is 2. The Morgan fingerprint density at radius 3 is 2.40 bits per heavy atom. The molecule has 2 saturated carbocycles. The minimum Gasteiger partial charge on any atom is -0.467 e. The van der Waals surface area contributed by atoms with Gasteiger partial charge in [0, 0.05) is 12.0 Å². The van der Waals surface area contributed by atoms with Crippen molar-refractivity contribution in [2.24, 2.45) is 11.7 Å². The minimum atomic E-state index is -0.784. The molecule has 0 saturated heterocycles. The van der Waals surface area contributed by atoms with Gasteiger partial charge in [-0.1, -0.05) is 19.3 Å². The first-order valence-electron chi connectivity index (χ1n) is 7.23. The van der Waals surface area contributed by atoms with Crippen LogP contribution in [-0.4, -0.2) is 30.6 Å². The molecular formula is C14H25ClN2O3. The van der Waals surface area contributed by atoms with Crippen molar-refractivity contribution >= 4 is 24.3 Å². The number of nitrogens with one attached hydrogen (secondary N) is 1. The third kappa shape index (κ3) is 3.64. The van der Waals surface area contributed by atoms with Gasteiger partial charge in [0.1, 0.15) is 5.54 Å². The fraction of sp³-hybridized carbons (Fsp3) is 0.857. The molecule has 0 aromatic carbocycles. The van der Waals surface area contributed by atoms with E-state index in [0.29, 0.717) is 12.8 Å². The predicted octanol–water partition coefficient (Wildman–Crippen LogP) is 1.53. The van der Waals surface area contributed by atoms with Crippen LogP contribution < -0.4 is 11.1 Å². The highest BCUT2D eigenvalue weighted by Crippen LogP contribution is 2.32. The van der Waals surface area contributed by atoms with Crippen molar-refractivity contribution in [3.8, 4) is 0 Å². The first-order chi connectivity index (χ1) is 9.07. The van der Waals surface area contributed by atoms with Crippen LogP contribution in [0.4, 0.5) is 0 Å². The number of esters is 1. The summed E-state index contributed by atoms with van der Waals surface area (Å²) in [7, 11) is 1.38. The SMILES string of the molecule is COC(=O)C1(NC(=O)C2CCCC(N)C2)CCCC1.Cl. The van der Waals surface area contributed by atoms with E-state index in [1.54, 1.807) is 0 Å². The van der Waals surface area contributed by atoms with Gasteiger partial charge in [-0.3, -0.25) is 4.79 Å². The molecule has 2 fully saturated rings. The number of ether oxygens (including phenoxy) is 1. The lowest BCUT2D eigenvalue weighted by atomic mass is 9.84. The van der Waals surface area contributed by atoms with Crippen LogP contribution in [0, 0.1) is 5.92 Å². The molecule has 0 aromatic heterocycles. The quantitative estimate of drug-likeness (QED) is 0.775. The summed E-state index contributed by atoms with van der Waals surface area (Å²) in [5, 5.41) is 2.96. The van der Waals surface area contributed by atoms with Crippen LogP contribution in [-0.2, 0) is 14.3 Å². The molecule has 20 heavy (non-hydrogen) atoms. The number of nitrogens with two attached hydrogens (primary N) is 1. The second-order valence-electron chi connectivity index (χ2n) is 5.89. The molecule has 6 heteroatoms. The molecule has 0 heterocycles. The Kier molecular flexibility index (Phi) is 6.27. The van der Waals surface area contributed by atoms with Crippen molar-refractivity contribution in [3.05, 3.63) is 0 Å². The second kappa shape index (κ2) is 7.27. The summed E-state index contributed by atoms with van der Waals surface area (Å²) in [6.45, 7) is 0. The van der Waals surface area contributed by atoms with Crippen LogP contribution in [0.15, 0.2) is 0 Å². The Bertz CT molecular complexity index is 356. The highest BCUT2D eigenvalue weighted by atomic mass is 35.5. The summed E-state index contributed by atoms with van der Waals surface area (Å²) in [6.07, 6.45) is 6.86. The first-order valence-corrected chi connectivity index (χ1v) is 7.23. The van der Waals surface area contributed by atoms with E-state index in [-0.39, 0.29) is 36.2 Å². The minimum absolute atomic E-state index is 0. The predicted molar refractivity (Wildman–Crippen MR) is 78.5 cm³/mol. The third-order valence-electron chi connectivity index (χ3n) is 4.48. The first kappa shape index (κ1) is 17.2. The van der Waals surface area contributed by atoms with E-state index in [4.69, 9.17) is 10.5 Å². The fourth-order valence-electron chi connectivity index (χ4n) is 3.36. The topological polar surface area (TPSA) is 81.4 Å². The molecule has 0 spiro atoms. The molecule has 0 bridgehead atoms. The van der Waals surface area contributed by atoms with Gasteiger partial charge in [0.05, 0.1) is 7.11 Å². The van der Waals surface area contributed by atoms with E-state index in [1.165, 1.54) is 7.11 Å². The van der Waals surface area contributed by atoms with E-state index >= 15 is 0 Å². The normalized spacial score (nSPS) is 28.3. The lowest BCUT2D eigenvalue weighted by Crippen LogP contribution is -2.55. The molecular weight excluding hydrogens is 280 g/mol. The summed E-state index contributed by atoms with van der Waals surface area (Å²) in [4.78, 5) is 24.3. The van der Waals surface area contributed by atoms with Crippen molar-refractivity contribution in [3.63, 3.8) is 0 Å². The van der Waals surface area contributed by atoms with Crippen LogP contribution in [0.3, 0.4) is 0 Å². The van der Waals surface area contributed by atoms with Gasteiger partial charge in [-0.2, -0.15) is 0 Å². The maximum Gasteiger partial charge on any atom is 0.331 e. The van der Waals surface area contributed by atoms with Crippen LogP contribution in [0.2, 0.25) is 0 Å². The average Bonchev–Trinajstić information content (AvgIpc) is 2.87. The van der Waals surface area contributed by atoms with Gasteiger partial charge in [0.2, 0.25) is 5.91 Å². The molecule has 116 valence electrons. The number of carbonyl (C=O) groups excluding carboxylic acids is 2. The zero-order valence-electron chi connectivity index (χ0n) is 12.0. The van der Waals surface area contributed by atoms with E-state index in [2.05, 4.69) is 5.32 Å². The van der Waals surface area contributed by atoms with E-state index in [9.17, 15) is 9.59 Å². The molecule has 2 unspecified atom stereocenters. The zero-order chi connectivity index (χ0) is 13.9. The van der Waals surface area contributed by atoms with Crippen LogP contribution >= 0.6 is 12.4 Å². The maximum absolute atomic E-state index is 12.4. The van der Waals surface area contributed by atoms with Crippen LogP contribution in [0.5, 0.6) is 0 Å². The lowest BCUT2D eigenvalue weighted by molar-refractivity contribution is -0.151. The maximum atomic E-state index is 12.4. The van der Waals surface area contributed by atoms with Crippen LogP contribution in [0.25, 0.3) is 0 Å². The van der Waals surface area contributed by atoms with Gasteiger partial charge in [-0.25, -0.2) is 4.79 Å². The largest absolute Gasteiger partial charge is 0.467 e. The summed E-state index contributed by atoms with van der Waals surface area (Å²) in [5.41, 5.74) is 5.13. The van der Waals surface area contributed by atoms with Gasteiger partial charge in [-0.05, 0) is 32.1 Å². The molecule has 3 N–H and O–H groups in total. The summed E-state index contributed by atoms with van der Waals surface area (Å²) >= 11 is 0. The average molecular weight is 305 g/mol. The Morgan fingerprint density at radius 1 is 1.20 bits per heavy atom. The van der Waals surface area contributed by atoms with Gasteiger partial charge in [0.15, 0.2) is 0 Å². The molecule has 2 aliphatic carbocycles. The number of amides is 1. The Labute approximate surface area is 126 Å². The molecule has 0 aliphatic heterocycles. The molecule has 1 amide bonds. The van der Waals surface area contributed by atoms with Crippen molar-refractivity contribution < 1.29 is 14.3 Å². The highest BCUT2D eigenvalue weighted by Gasteiger charge is 2.44. The Balaban J connectivity index is 0.00000200. The van der Waals surface area contributed by atoms with E-state index < -0.39 is 5.54 Å². The highest BCUT2D eigenvalue weighted by molar-refractivity contribution is 5.89. The van der Waals surface area contributed by atoms with Gasteiger partial charge in [0.25, 0.3) is 0 Å². The van der Waals surface area contributed by atoms with Gasteiger partial charge < -0.3 is 15.8 Å². The number of methoxy groups -OCH3 is 1. The zero-order valence-corrected chi connectivity index (χ0v) is 12.8. The molecule has 2 atom stereocenters. The molecule has 2 aliphatic rings. The third-order valence-corrected chi connectivity index (χ3v) is 4.48. The second-order valence-corrected chi connectivity index (χ2v) is 5.89. The number of hydrogen-bond acceptors (Lipinski definition) is 4.